The van der Waals surface area contributed by atoms with Crippen LogP contribution in [-0.4, -0.2) is 52.7 Å². The third kappa shape index (κ3) is 3.59. The molecule has 0 aliphatic carbocycles. The normalized spacial score (nSPS) is 17.1. The molecule has 1 aromatic heterocycles. The number of allylic oxidation sites excluding steroid dienone is 1. The first-order chi connectivity index (χ1) is 10.4. The van der Waals surface area contributed by atoms with Crippen LogP contribution in [0.25, 0.3) is 0 Å². The Hall–Kier alpha value is -1.59. The number of hydrogen-bond acceptors (Lipinski definition) is 4. The molecule has 1 saturated heterocycles. The maximum atomic E-state index is 11.9. The van der Waals surface area contributed by atoms with Crippen molar-refractivity contribution in [1.82, 2.24) is 14.4 Å². The first-order valence-corrected chi connectivity index (χ1v) is 7.86. The molecule has 122 valence electrons. The average Bonchev–Trinajstić information content (AvgIpc) is 2.49. The molecule has 1 aliphatic heterocycles. The Kier molecular flexibility index (Phi) is 5.42. The minimum atomic E-state index is -0.301. The fourth-order valence-corrected chi connectivity index (χ4v) is 3.16. The van der Waals surface area contributed by atoms with E-state index in [1.807, 2.05) is 11.5 Å². The Morgan fingerprint density at radius 1 is 1.45 bits per heavy atom. The highest BCUT2D eigenvalue weighted by Gasteiger charge is 2.23. The molecule has 0 amide bonds. The van der Waals surface area contributed by atoms with Gasteiger partial charge in [-0.1, -0.05) is 6.08 Å². The molecule has 2 rings (SSSR count). The molecule has 1 aliphatic rings. The van der Waals surface area contributed by atoms with Crippen molar-refractivity contribution in [3.05, 3.63) is 40.3 Å². The molecule has 2 heterocycles. The number of nitrogens with zero attached hydrogens (tertiary/aromatic N) is 3. The molecule has 22 heavy (non-hydrogen) atoms. The molecule has 0 spiro atoms. The molecule has 1 fully saturated rings. The molecule has 0 radical (unpaired) electrons. The summed E-state index contributed by atoms with van der Waals surface area (Å²) in [5.41, 5.74) is 1.24. The number of rotatable bonds is 5. The zero-order valence-electron chi connectivity index (χ0n) is 13.9. The van der Waals surface area contributed by atoms with Gasteiger partial charge >= 0.3 is 0 Å². The van der Waals surface area contributed by atoms with E-state index in [0.717, 1.165) is 31.6 Å². The van der Waals surface area contributed by atoms with Crippen LogP contribution in [0, 0.1) is 6.92 Å². The van der Waals surface area contributed by atoms with Crippen LogP contribution in [0.3, 0.4) is 0 Å². The number of hydrogen-bond donors (Lipinski definition) is 1. The monoisotopic (exact) mass is 305 g/mol. The van der Waals surface area contributed by atoms with E-state index in [0.29, 0.717) is 24.8 Å². The lowest BCUT2D eigenvalue weighted by Crippen LogP contribution is -2.42. The minimum Gasteiger partial charge on any atom is -0.503 e. The van der Waals surface area contributed by atoms with Gasteiger partial charge in [0.15, 0.2) is 5.75 Å². The third-order valence-electron chi connectivity index (χ3n) is 4.62. The second kappa shape index (κ2) is 7.11. The highest BCUT2D eigenvalue weighted by atomic mass is 16.3. The first kappa shape index (κ1) is 16.8. The summed E-state index contributed by atoms with van der Waals surface area (Å²) < 4.78 is 1.97. The number of aryl methyl sites for hydroxylation is 1. The van der Waals surface area contributed by atoms with Gasteiger partial charge in [0.1, 0.15) is 0 Å². The van der Waals surface area contributed by atoms with Crippen molar-refractivity contribution in [2.45, 2.75) is 38.9 Å². The first-order valence-electron chi connectivity index (χ1n) is 7.86. The number of piperidine rings is 1. The van der Waals surface area contributed by atoms with Crippen molar-refractivity contribution < 1.29 is 5.11 Å². The van der Waals surface area contributed by atoms with Gasteiger partial charge in [-0.3, -0.25) is 9.69 Å². The van der Waals surface area contributed by atoms with Crippen molar-refractivity contribution in [2.24, 2.45) is 0 Å². The SMILES string of the molecule is C=CCn1c(C)cc(=O)c(O)c1CN(C)C1CCN(C)CC1. The minimum absolute atomic E-state index is 0.132. The lowest BCUT2D eigenvalue weighted by molar-refractivity contribution is 0.136. The summed E-state index contributed by atoms with van der Waals surface area (Å²) >= 11 is 0. The van der Waals surface area contributed by atoms with Crippen molar-refractivity contribution in [3.8, 4) is 5.75 Å². The topological polar surface area (TPSA) is 48.7 Å². The lowest BCUT2D eigenvalue weighted by atomic mass is 10.0. The van der Waals surface area contributed by atoms with Gasteiger partial charge < -0.3 is 14.6 Å². The Bertz CT molecular complexity index is 586. The summed E-state index contributed by atoms with van der Waals surface area (Å²) in [6.07, 6.45) is 4.02. The van der Waals surface area contributed by atoms with E-state index in [1.165, 1.54) is 6.07 Å². The summed E-state index contributed by atoms with van der Waals surface area (Å²) in [5, 5.41) is 10.2. The maximum Gasteiger partial charge on any atom is 0.223 e. The van der Waals surface area contributed by atoms with Crippen molar-refractivity contribution >= 4 is 0 Å². The Balaban J connectivity index is 2.24. The van der Waals surface area contributed by atoms with E-state index >= 15 is 0 Å². The van der Waals surface area contributed by atoms with Crippen LogP contribution in [0.2, 0.25) is 0 Å². The van der Waals surface area contributed by atoms with Gasteiger partial charge in [-0.15, -0.1) is 6.58 Å². The quantitative estimate of drug-likeness (QED) is 0.839. The highest BCUT2D eigenvalue weighted by molar-refractivity contribution is 5.30. The van der Waals surface area contributed by atoms with Gasteiger partial charge in [0.05, 0.1) is 5.69 Å². The molecule has 0 saturated carbocycles. The summed E-state index contributed by atoms with van der Waals surface area (Å²) in [6, 6.07) is 1.97. The molecule has 5 nitrogen and oxygen atoms in total. The Morgan fingerprint density at radius 2 is 2.09 bits per heavy atom. The van der Waals surface area contributed by atoms with E-state index in [9.17, 15) is 9.90 Å². The number of aromatic nitrogens is 1. The molecule has 0 aromatic carbocycles. The van der Waals surface area contributed by atoms with Crippen LogP contribution in [0.1, 0.15) is 24.2 Å². The second-order valence-corrected chi connectivity index (χ2v) is 6.29. The average molecular weight is 305 g/mol. The molecule has 1 N–H and O–H groups in total. The van der Waals surface area contributed by atoms with Crippen LogP contribution in [0.4, 0.5) is 0 Å². The number of pyridine rings is 1. The summed E-state index contributed by atoms with van der Waals surface area (Å²) in [6.45, 7) is 9.01. The van der Waals surface area contributed by atoms with Crippen molar-refractivity contribution in [1.29, 1.82) is 0 Å². The molecule has 1 aromatic rings. The highest BCUT2D eigenvalue weighted by Crippen LogP contribution is 2.21. The van der Waals surface area contributed by atoms with Crippen LogP contribution in [0.5, 0.6) is 5.75 Å². The van der Waals surface area contributed by atoms with Crippen LogP contribution < -0.4 is 5.43 Å². The summed E-state index contributed by atoms with van der Waals surface area (Å²) in [5.74, 6) is -0.132. The van der Waals surface area contributed by atoms with E-state index < -0.39 is 0 Å². The van der Waals surface area contributed by atoms with Gasteiger partial charge in [0, 0.05) is 30.9 Å². The standard InChI is InChI=1S/C17H27N3O2/c1-5-8-20-13(2)11-16(21)17(22)15(20)12-19(4)14-6-9-18(3)10-7-14/h5,11,14,22H,1,6-10,12H2,2-4H3. The fourth-order valence-electron chi connectivity index (χ4n) is 3.16. The van der Waals surface area contributed by atoms with Crippen LogP contribution in [-0.2, 0) is 13.1 Å². The summed E-state index contributed by atoms with van der Waals surface area (Å²) in [4.78, 5) is 16.5. The van der Waals surface area contributed by atoms with Crippen LogP contribution >= 0.6 is 0 Å². The Morgan fingerprint density at radius 3 is 2.68 bits per heavy atom. The molecule has 0 atom stereocenters. The predicted octanol–water partition coefficient (Wildman–Crippen LogP) is 1.57. The molecule has 5 heteroatoms. The van der Waals surface area contributed by atoms with Gasteiger partial charge in [-0.2, -0.15) is 0 Å². The molecule has 0 unspecified atom stereocenters. The van der Waals surface area contributed by atoms with Gasteiger partial charge in [0.25, 0.3) is 0 Å². The van der Waals surface area contributed by atoms with Gasteiger partial charge in [-0.05, 0) is 47.0 Å². The fraction of sp³-hybridized carbons (Fsp3) is 0.588. The van der Waals surface area contributed by atoms with E-state index in [1.54, 1.807) is 6.08 Å². The zero-order chi connectivity index (χ0) is 16.3. The molecular formula is C17H27N3O2. The number of aromatic hydroxyl groups is 1. The van der Waals surface area contributed by atoms with Crippen LogP contribution in [0.15, 0.2) is 23.5 Å². The lowest BCUT2D eigenvalue weighted by Gasteiger charge is -2.35. The molecular weight excluding hydrogens is 278 g/mol. The van der Waals surface area contributed by atoms with Crippen molar-refractivity contribution in [3.63, 3.8) is 0 Å². The van der Waals surface area contributed by atoms with Gasteiger partial charge in [0.2, 0.25) is 5.43 Å². The molecule has 0 bridgehead atoms. The smallest absolute Gasteiger partial charge is 0.223 e. The number of likely N-dealkylation sites (tertiary alicyclic amines) is 1. The van der Waals surface area contributed by atoms with Crippen molar-refractivity contribution in [2.75, 3.05) is 27.2 Å². The second-order valence-electron chi connectivity index (χ2n) is 6.29. The zero-order valence-corrected chi connectivity index (χ0v) is 13.9. The Labute approximate surface area is 132 Å². The van der Waals surface area contributed by atoms with Gasteiger partial charge in [-0.25, -0.2) is 0 Å². The van der Waals surface area contributed by atoms with E-state index in [4.69, 9.17) is 0 Å². The van der Waals surface area contributed by atoms with E-state index in [-0.39, 0.29) is 11.2 Å². The predicted molar refractivity (Wildman–Crippen MR) is 89.3 cm³/mol. The maximum absolute atomic E-state index is 11.9. The third-order valence-corrected chi connectivity index (χ3v) is 4.62. The largest absolute Gasteiger partial charge is 0.503 e. The summed E-state index contributed by atoms with van der Waals surface area (Å²) in [7, 11) is 4.21. The van der Waals surface area contributed by atoms with E-state index in [2.05, 4.69) is 30.5 Å².